The molecule has 1 aromatic carbocycles. The van der Waals surface area contributed by atoms with Gasteiger partial charge in [0, 0.05) is 24.5 Å². The van der Waals surface area contributed by atoms with Gasteiger partial charge in [-0.15, -0.1) is 0 Å². The molecule has 2 aliphatic rings. The van der Waals surface area contributed by atoms with Crippen LogP contribution in [0.15, 0.2) is 29.2 Å². The molecule has 22 heavy (non-hydrogen) atoms. The number of halogens is 1. The fraction of sp³-hybridized carbons (Fsp3) is 0.533. The predicted octanol–water partition coefficient (Wildman–Crippen LogP) is 1.14. The lowest BCUT2D eigenvalue weighted by Gasteiger charge is -2.08. The first kappa shape index (κ1) is 15.4. The van der Waals surface area contributed by atoms with E-state index >= 15 is 0 Å². The minimum atomic E-state index is -3.51. The highest BCUT2D eigenvalue weighted by atomic mass is 32.2. The number of carbonyl (C=O) groups is 1. The summed E-state index contributed by atoms with van der Waals surface area (Å²) >= 11 is 0. The van der Waals surface area contributed by atoms with E-state index in [1.54, 1.807) is 0 Å². The Labute approximate surface area is 128 Å². The molecule has 1 spiro atoms. The van der Waals surface area contributed by atoms with Crippen molar-refractivity contribution < 1.29 is 22.3 Å². The normalized spacial score (nSPS) is 27.0. The van der Waals surface area contributed by atoms with Crippen LogP contribution in [0.4, 0.5) is 4.39 Å². The summed E-state index contributed by atoms with van der Waals surface area (Å²) in [5.74, 6) is -0.825. The molecule has 1 aromatic rings. The Morgan fingerprint density at radius 3 is 2.73 bits per heavy atom. The number of ether oxygens (including phenoxy) is 1. The van der Waals surface area contributed by atoms with E-state index in [-0.39, 0.29) is 34.4 Å². The standard InChI is InChI=1S/C15H18FNO4S/c16-11-1-3-12(4-2-11)22(19,20)8-6-17-14(18)13-9-15(13)5-7-21-10-15/h1-4,13H,5-10H2,(H,17,18). The molecule has 2 atom stereocenters. The van der Waals surface area contributed by atoms with Crippen LogP contribution in [-0.4, -0.2) is 39.8 Å². The van der Waals surface area contributed by atoms with Crippen LogP contribution < -0.4 is 5.32 Å². The Balaban J connectivity index is 1.50. The number of sulfone groups is 1. The van der Waals surface area contributed by atoms with Crippen molar-refractivity contribution in [1.82, 2.24) is 5.32 Å². The molecule has 0 radical (unpaired) electrons. The number of benzene rings is 1. The Hall–Kier alpha value is -1.47. The molecule has 1 saturated carbocycles. The molecule has 7 heteroatoms. The fourth-order valence-corrected chi connectivity index (χ4v) is 4.13. The number of nitrogens with one attached hydrogen (secondary N) is 1. The van der Waals surface area contributed by atoms with Gasteiger partial charge in [0.2, 0.25) is 5.91 Å². The van der Waals surface area contributed by atoms with Gasteiger partial charge in [-0.05, 0) is 37.1 Å². The van der Waals surface area contributed by atoms with Crippen molar-refractivity contribution in [2.45, 2.75) is 17.7 Å². The van der Waals surface area contributed by atoms with Gasteiger partial charge in [0.1, 0.15) is 5.82 Å². The second-order valence-electron chi connectivity index (χ2n) is 5.99. The van der Waals surface area contributed by atoms with Crippen LogP contribution in [0.5, 0.6) is 0 Å². The van der Waals surface area contributed by atoms with Crippen LogP contribution in [-0.2, 0) is 19.4 Å². The molecule has 2 unspecified atom stereocenters. The van der Waals surface area contributed by atoms with Crippen molar-refractivity contribution >= 4 is 15.7 Å². The molecular formula is C15H18FNO4S. The minimum Gasteiger partial charge on any atom is -0.381 e. The van der Waals surface area contributed by atoms with Gasteiger partial charge in [-0.3, -0.25) is 4.79 Å². The minimum absolute atomic E-state index is 0.0000841. The molecule has 0 aromatic heterocycles. The van der Waals surface area contributed by atoms with Crippen molar-refractivity contribution in [3.8, 4) is 0 Å². The van der Waals surface area contributed by atoms with Crippen molar-refractivity contribution in [3.05, 3.63) is 30.1 Å². The number of carbonyl (C=O) groups excluding carboxylic acids is 1. The van der Waals surface area contributed by atoms with Gasteiger partial charge in [-0.2, -0.15) is 0 Å². The van der Waals surface area contributed by atoms with Gasteiger partial charge in [-0.25, -0.2) is 12.8 Å². The maximum atomic E-state index is 12.8. The predicted molar refractivity (Wildman–Crippen MR) is 77.4 cm³/mol. The first-order valence-electron chi connectivity index (χ1n) is 7.27. The smallest absolute Gasteiger partial charge is 0.223 e. The molecule has 1 amide bonds. The summed E-state index contributed by atoms with van der Waals surface area (Å²) in [6.07, 6.45) is 1.72. The first-order valence-corrected chi connectivity index (χ1v) is 8.92. The third-order valence-electron chi connectivity index (χ3n) is 4.48. The number of hydrogen-bond acceptors (Lipinski definition) is 4. The second-order valence-corrected chi connectivity index (χ2v) is 8.09. The molecule has 1 aliphatic carbocycles. The molecule has 5 nitrogen and oxygen atoms in total. The van der Waals surface area contributed by atoms with Crippen molar-refractivity contribution in [3.63, 3.8) is 0 Å². The summed E-state index contributed by atoms with van der Waals surface area (Å²) in [5.41, 5.74) is -0.0000841. The largest absolute Gasteiger partial charge is 0.381 e. The SMILES string of the molecule is O=C(NCCS(=O)(=O)c1ccc(F)cc1)C1CC12CCOC2. The maximum Gasteiger partial charge on any atom is 0.223 e. The van der Waals surface area contributed by atoms with Crippen LogP contribution in [0.2, 0.25) is 0 Å². The zero-order valence-electron chi connectivity index (χ0n) is 12.0. The van der Waals surface area contributed by atoms with Crippen molar-refractivity contribution in [1.29, 1.82) is 0 Å². The highest BCUT2D eigenvalue weighted by Crippen LogP contribution is 2.57. The third-order valence-corrected chi connectivity index (χ3v) is 6.21. The van der Waals surface area contributed by atoms with Crippen molar-refractivity contribution in [2.75, 3.05) is 25.5 Å². The molecule has 1 aliphatic heterocycles. The topological polar surface area (TPSA) is 72.5 Å². The summed E-state index contributed by atoms with van der Waals surface area (Å²) in [4.78, 5) is 12.1. The van der Waals surface area contributed by atoms with Gasteiger partial charge >= 0.3 is 0 Å². The van der Waals surface area contributed by atoms with E-state index in [4.69, 9.17) is 4.74 Å². The molecule has 1 heterocycles. The Morgan fingerprint density at radius 1 is 1.36 bits per heavy atom. The monoisotopic (exact) mass is 327 g/mol. The average Bonchev–Trinajstić information content (AvgIpc) is 2.97. The number of hydrogen-bond donors (Lipinski definition) is 1. The lowest BCUT2D eigenvalue weighted by atomic mass is 10.0. The Morgan fingerprint density at radius 2 is 2.09 bits per heavy atom. The van der Waals surface area contributed by atoms with Gasteiger partial charge in [0.15, 0.2) is 9.84 Å². The van der Waals surface area contributed by atoms with E-state index in [1.165, 1.54) is 12.1 Å². The first-order chi connectivity index (χ1) is 10.4. The lowest BCUT2D eigenvalue weighted by molar-refractivity contribution is -0.123. The highest BCUT2D eigenvalue weighted by molar-refractivity contribution is 7.91. The molecule has 0 bridgehead atoms. The Bertz CT molecular complexity index is 665. The summed E-state index contributed by atoms with van der Waals surface area (Å²) < 4.78 is 42.3. The molecule has 1 N–H and O–H groups in total. The molecule has 120 valence electrons. The van der Waals surface area contributed by atoms with Crippen LogP contribution in [0, 0.1) is 17.2 Å². The van der Waals surface area contributed by atoms with E-state index in [0.717, 1.165) is 25.0 Å². The van der Waals surface area contributed by atoms with E-state index in [1.807, 2.05) is 0 Å². The van der Waals surface area contributed by atoms with Crippen LogP contribution >= 0.6 is 0 Å². The number of amides is 1. The second kappa shape index (κ2) is 5.62. The van der Waals surface area contributed by atoms with Gasteiger partial charge in [-0.1, -0.05) is 0 Å². The average molecular weight is 327 g/mol. The quantitative estimate of drug-likeness (QED) is 0.823. The summed E-state index contributed by atoms with van der Waals surface area (Å²) in [6.45, 7) is 1.38. The highest BCUT2D eigenvalue weighted by Gasteiger charge is 2.59. The van der Waals surface area contributed by atoms with Crippen molar-refractivity contribution in [2.24, 2.45) is 11.3 Å². The lowest BCUT2D eigenvalue weighted by Crippen LogP contribution is -2.32. The molecule has 2 fully saturated rings. The van der Waals surface area contributed by atoms with Gasteiger partial charge in [0.05, 0.1) is 17.3 Å². The summed E-state index contributed by atoms with van der Waals surface area (Å²) in [5, 5.41) is 2.69. The third kappa shape index (κ3) is 3.01. The zero-order valence-corrected chi connectivity index (χ0v) is 12.9. The molecule has 1 saturated heterocycles. The fourth-order valence-electron chi connectivity index (χ4n) is 2.97. The van der Waals surface area contributed by atoms with Crippen LogP contribution in [0.3, 0.4) is 0 Å². The van der Waals surface area contributed by atoms with Crippen LogP contribution in [0.1, 0.15) is 12.8 Å². The van der Waals surface area contributed by atoms with E-state index in [0.29, 0.717) is 13.2 Å². The summed E-state index contributed by atoms with van der Waals surface area (Å²) in [6, 6.07) is 4.69. The molecular weight excluding hydrogens is 309 g/mol. The van der Waals surface area contributed by atoms with Crippen LogP contribution in [0.25, 0.3) is 0 Å². The maximum absolute atomic E-state index is 12.8. The van der Waals surface area contributed by atoms with E-state index in [2.05, 4.69) is 5.32 Å². The van der Waals surface area contributed by atoms with Gasteiger partial charge < -0.3 is 10.1 Å². The Kier molecular flexibility index (Phi) is 3.94. The van der Waals surface area contributed by atoms with Gasteiger partial charge in [0.25, 0.3) is 0 Å². The van der Waals surface area contributed by atoms with E-state index < -0.39 is 15.7 Å². The summed E-state index contributed by atoms with van der Waals surface area (Å²) in [7, 11) is -3.51. The number of rotatable bonds is 5. The van der Waals surface area contributed by atoms with E-state index in [9.17, 15) is 17.6 Å². The zero-order chi connectivity index (χ0) is 15.8. The molecule has 3 rings (SSSR count).